The number of methoxy groups -OCH3 is 1. The second kappa shape index (κ2) is 5.33. The first-order valence-electron chi connectivity index (χ1n) is 7.03. The number of rotatable bonds is 4. The molecule has 1 aromatic rings. The van der Waals surface area contributed by atoms with Gasteiger partial charge in [-0.25, -0.2) is 0 Å². The van der Waals surface area contributed by atoms with Crippen LogP contribution in [0.4, 0.5) is 0 Å². The third-order valence-corrected chi connectivity index (χ3v) is 4.43. The van der Waals surface area contributed by atoms with Gasteiger partial charge in [0.15, 0.2) is 0 Å². The van der Waals surface area contributed by atoms with E-state index < -0.39 is 0 Å². The summed E-state index contributed by atoms with van der Waals surface area (Å²) in [5, 5.41) is 0. The number of hydrogen-bond acceptors (Lipinski definition) is 3. The SMILES string of the molecule is COc1ccc(CO[C@H]2C[C@@H]3CC[C@H]2C(=O)C3)cc1. The molecule has 3 nitrogen and oxygen atoms in total. The predicted molar refractivity (Wildman–Crippen MR) is 72.0 cm³/mol. The summed E-state index contributed by atoms with van der Waals surface area (Å²) in [5.74, 6) is 2.00. The minimum absolute atomic E-state index is 0.141. The fraction of sp³-hybridized carbons (Fsp3) is 0.562. The Morgan fingerprint density at radius 1 is 1.21 bits per heavy atom. The lowest BCUT2D eigenvalue weighted by Gasteiger charge is -2.40. The zero-order valence-electron chi connectivity index (χ0n) is 11.3. The van der Waals surface area contributed by atoms with Crippen molar-refractivity contribution in [3.63, 3.8) is 0 Å². The van der Waals surface area contributed by atoms with Crippen molar-refractivity contribution in [2.24, 2.45) is 11.8 Å². The van der Waals surface area contributed by atoms with Crippen LogP contribution in [0.25, 0.3) is 0 Å². The number of carbonyl (C=O) groups is 1. The van der Waals surface area contributed by atoms with E-state index in [4.69, 9.17) is 9.47 Å². The second-order valence-electron chi connectivity index (χ2n) is 5.65. The van der Waals surface area contributed by atoms with Gasteiger partial charge >= 0.3 is 0 Å². The molecule has 1 aromatic carbocycles. The van der Waals surface area contributed by atoms with E-state index >= 15 is 0 Å². The number of benzene rings is 1. The van der Waals surface area contributed by atoms with Crippen LogP contribution in [0.2, 0.25) is 0 Å². The van der Waals surface area contributed by atoms with Gasteiger partial charge in [-0.2, -0.15) is 0 Å². The monoisotopic (exact) mass is 260 g/mol. The van der Waals surface area contributed by atoms with Crippen LogP contribution in [0.1, 0.15) is 31.2 Å². The van der Waals surface area contributed by atoms with Crippen molar-refractivity contribution < 1.29 is 14.3 Å². The lowest BCUT2D eigenvalue weighted by molar-refractivity contribution is -0.141. The third kappa shape index (κ3) is 2.66. The molecular formula is C16H20O3. The molecule has 3 aliphatic rings. The summed E-state index contributed by atoms with van der Waals surface area (Å²) in [5.41, 5.74) is 1.13. The molecular weight excluding hydrogens is 240 g/mol. The molecule has 4 rings (SSSR count). The molecule has 2 bridgehead atoms. The largest absolute Gasteiger partial charge is 0.497 e. The normalized spacial score (nSPS) is 29.5. The number of ketones is 1. The molecule has 0 amide bonds. The molecule has 102 valence electrons. The van der Waals surface area contributed by atoms with Gasteiger partial charge in [-0.15, -0.1) is 0 Å². The van der Waals surface area contributed by atoms with Crippen molar-refractivity contribution in [3.05, 3.63) is 29.8 Å². The molecule has 3 fully saturated rings. The van der Waals surface area contributed by atoms with E-state index in [1.54, 1.807) is 7.11 Å². The van der Waals surface area contributed by atoms with Crippen molar-refractivity contribution >= 4 is 5.78 Å². The quantitative estimate of drug-likeness (QED) is 0.835. The summed E-state index contributed by atoms with van der Waals surface area (Å²) in [4.78, 5) is 11.9. The first-order valence-corrected chi connectivity index (χ1v) is 7.03. The summed E-state index contributed by atoms with van der Waals surface area (Å²) in [6.45, 7) is 0.588. The molecule has 0 heterocycles. The Labute approximate surface area is 113 Å². The van der Waals surface area contributed by atoms with Gasteiger partial charge in [-0.3, -0.25) is 4.79 Å². The molecule has 0 N–H and O–H groups in total. The van der Waals surface area contributed by atoms with Crippen LogP contribution in [-0.4, -0.2) is 19.0 Å². The zero-order valence-corrected chi connectivity index (χ0v) is 11.3. The van der Waals surface area contributed by atoms with E-state index in [0.717, 1.165) is 30.6 Å². The average molecular weight is 260 g/mol. The first kappa shape index (κ1) is 12.7. The molecule has 3 aliphatic carbocycles. The van der Waals surface area contributed by atoms with E-state index in [1.807, 2.05) is 24.3 Å². The lowest BCUT2D eigenvalue weighted by atomic mass is 9.68. The van der Waals surface area contributed by atoms with Crippen LogP contribution in [0, 0.1) is 11.8 Å². The topological polar surface area (TPSA) is 35.5 Å². The Balaban J connectivity index is 1.58. The third-order valence-electron chi connectivity index (χ3n) is 4.43. The standard InChI is InChI=1S/C16H20O3/c1-18-13-5-2-11(3-6-13)10-19-16-9-12-4-7-14(16)15(17)8-12/h2-3,5-6,12,14,16H,4,7-10H2,1H3/t12-,14+,16+/m1/s1. The Bertz CT molecular complexity index is 452. The van der Waals surface area contributed by atoms with Gasteiger partial charge in [0, 0.05) is 12.3 Å². The number of hydrogen-bond donors (Lipinski definition) is 0. The van der Waals surface area contributed by atoms with Crippen molar-refractivity contribution in [2.75, 3.05) is 7.11 Å². The summed E-state index contributed by atoms with van der Waals surface area (Å²) >= 11 is 0. The molecule has 0 unspecified atom stereocenters. The highest BCUT2D eigenvalue weighted by Gasteiger charge is 2.41. The smallest absolute Gasteiger partial charge is 0.138 e. The molecule has 0 radical (unpaired) electrons. The van der Waals surface area contributed by atoms with E-state index in [-0.39, 0.29) is 12.0 Å². The van der Waals surface area contributed by atoms with Crippen molar-refractivity contribution in [1.82, 2.24) is 0 Å². The summed E-state index contributed by atoms with van der Waals surface area (Å²) in [6, 6.07) is 7.91. The maximum absolute atomic E-state index is 11.9. The minimum Gasteiger partial charge on any atom is -0.497 e. The maximum atomic E-state index is 11.9. The van der Waals surface area contributed by atoms with Gasteiger partial charge in [-0.05, 0) is 42.9 Å². The maximum Gasteiger partial charge on any atom is 0.138 e. The minimum atomic E-state index is 0.141. The number of ether oxygens (including phenoxy) is 2. The van der Waals surface area contributed by atoms with Crippen molar-refractivity contribution in [3.8, 4) is 5.75 Å². The second-order valence-corrected chi connectivity index (χ2v) is 5.65. The van der Waals surface area contributed by atoms with E-state index in [0.29, 0.717) is 18.3 Å². The molecule has 3 saturated carbocycles. The zero-order chi connectivity index (χ0) is 13.2. The van der Waals surface area contributed by atoms with E-state index in [9.17, 15) is 4.79 Å². The predicted octanol–water partition coefficient (Wildman–Crippen LogP) is 2.97. The molecule has 19 heavy (non-hydrogen) atoms. The van der Waals surface area contributed by atoms with Crippen LogP contribution in [0.3, 0.4) is 0 Å². The van der Waals surface area contributed by atoms with Crippen LogP contribution in [0.15, 0.2) is 24.3 Å². The summed E-state index contributed by atoms with van der Waals surface area (Å²) in [6.07, 6.45) is 4.22. The van der Waals surface area contributed by atoms with Gasteiger partial charge in [0.25, 0.3) is 0 Å². The number of carbonyl (C=O) groups excluding carboxylic acids is 1. The number of fused-ring (bicyclic) bond motifs is 3. The van der Waals surface area contributed by atoms with Gasteiger partial charge < -0.3 is 9.47 Å². The van der Waals surface area contributed by atoms with Gasteiger partial charge in [0.1, 0.15) is 11.5 Å². The van der Waals surface area contributed by atoms with Gasteiger partial charge in [0.05, 0.1) is 19.8 Å². The molecule has 0 aromatic heterocycles. The van der Waals surface area contributed by atoms with Crippen molar-refractivity contribution in [2.45, 2.75) is 38.4 Å². The highest BCUT2D eigenvalue weighted by molar-refractivity contribution is 5.83. The summed E-state index contributed by atoms with van der Waals surface area (Å²) in [7, 11) is 1.66. The molecule has 3 atom stereocenters. The molecule has 3 heteroatoms. The highest BCUT2D eigenvalue weighted by Crippen LogP contribution is 2.40. The molecule has 0 aliphatic heterocycles. The Hall–Kier alpha value is -1.35. The fourth-order valence-corrected chi connectivity index (χ4v) is 3.31. The number of Topliss-reactive ketones (excluding diaryl/α,β-unsaturated/α-hetero) is 1. The average Bonchev–Trinajstić information content (AvgIpc) is 2.46. The van der Waals surface area contributed by atoms with Gasteiger partial charge in [-0.1, -0.05) is 12.1 Å². The Morgan fingerprint density at radius 3 is 2.63 bits per heavy atom. The Morgan fingerprint density at radius 2 is 2.00 bits per heavy atom. The molecule has 0 saturated heterocycles. The van der Waals surface area contributed by atoms with Crippen LogP contribution in [0.5, 0.6) is 5.75 Å². The van der Waals surface area contributed by atoms with Crippen molar-refractivity contribution in [1.29, 1.82) is 0 Å². The first-order chi connectivity index (χ1) is 9.26. The molecule has 0 spiro atoms. The highest BCUT2D eigenvalue weighted by atomic mass is 16.5. The fourth-order valence-electron chi connectivity index (χ4n) is 3.31. The van der Waals surface area contributed by atoms with Gasteiger partial charge in [0.2, 0.25) is 0 Å². The lowest BCUT2D eigenvalue weighted by Crippen LogP contribution is -2.43. The van der Waals surface area contributed by atoms with E-state index in [1.165, 1.54) is 6.42 Å². The van der Waals surface area contributed by atoms with Crippen LogP contribution in [-0.2, 0) is 16.1 Å². The van der Waals surface area contributed by atoms with Crippen LogP contribution < -0.4 is 4.74 Å². The Kier molecular flexibility index (Phi) is 3.56. The van der Waals surface area contributed by atoms with E-state index in [2.05, 4.69) is 0 Å². The summed E-state index contributed by atoms with van der Waals surface area (Å²) < 4.78 is 11.1. The van der Waals surface area contributed by atoms with Crippen LogP contribution >= 0.6 is 0 Å².